The molecule has 2 nitrogen and oxygen atoms in total. The van der Waals surface area contributed by atoms with E-state index in [0.717, 1.165) is 5.52 Å². The van der Waals surface area contributed by atoms with Crippen LogP contribution in [0.5, 0.6) is 0 Å². The largest absolute Gasteiger partial charge is 0.360 e. The maximum Gasteiger partial charge on any atom is 0.205 e. The minimum Gasteiger partial charge on any atom is -0.360 e. The molecule has 0 radical (unpaired) electrons. The van der Waals surface area contributed by atoms with Gasteiger partial charge in [0.05, 0.1) is 9.21 Å². The number of fused-ring (bicyclic) bond motifs is 1. The Morgan fingerprint density at radius 2 is 2.11 bits per heavy atom. The molecule has 0 spiro atoms. The summed E-state index contributed by atoms with van der Waals surface area (Å²) in [7, 11) is 0. The average molecular weight is 280 g/mol. The van der Waals surface area contributed by atoms with Gasteiger partial charge in [-0.3, -0.25) is 4.79 Å². The Balaban J connectivity index is 2.14. The molecule has 3 aromatic rings. The number of rotatable bonds is 2. The molecule has 0 aliphatic heterocycles. The van der Waals surface area contributed by atoms with Crippen LogP contribution >= 0.6 is 22.9 Å². The molecule has 0 amide bonds. The molecule has 5 heteroatoms. The Morgan fingerprint density at radius 3 is 2.83 bits per heavy atom. The van der Waals surface area contributed by atoms with Crippen LogP contribution in [0.4, 0.5) is 4.39 Å². The predicted octanol–water partition coefficient (Wildman–Crippen LogP) is 4.25. The van der Waals surface area contributed by atoms with Gasteiger partial charge in [0.2, 0.25) is 5.78 Å². The molecular formula is C13H7ClFNOS. The number of H-pyrrole nitrogens is 1. The summed E-state index contributed by atoms with van der Waals surface area (Å²) in [6.45, 7) is 0. The molecule has 0 atom stereocenters. The summed E-state index contributed by atoms with van der Waals surface area (Å²) in [5.74, 6) is -0.510. The van der Waals surface area contributed by atoms with Crippen LogP contribution in [0, 0.1) is 5.82 Å². The Hall–Kier alpha value is -1.65. The summed E-state index contributed by atoms with van der Waals surface area (Å²) in [6, 6.07) is 7.68. The lowest BCUT2D eigenvalue weighted by Crippen LogP contribution is -1.96. The molecule has 90 valence electrons. The first-order chi connectivity index (χ1) is 8.65. The van der Waals surface area contributed by atoms with E-state index in [1.165, 1.54) is 23.5 Å². The van der Waals surface area contributed by atoms with Crippen LogP contribution in [0.3, 0.4) is 0 Å². The van der Waals surface area contributed by atoms with Crippen molar-refractivity contribution in [1.29, 1.82) is 0 Å². The highest BCUT2D eigenvalue weighted by molar-refractivity contribution is 7.18. The third kappa shape index (κ3) is 1.83. The maximum atomic E-state index is 13.2. The van der Waals surface area contributed by atoms with Crippen LogP contribution in [-0.4, -0.2) is 10.8 Å². The lowest BCUT2D eigenvalue weighted by molar-refractivity contribution is 0.104. The molecule has 0 saturated carbocycles. The van der Waals surface area contributed by atoms with Crippen LogP contribution in [0.25, 0.3) is 10.9 Å². The van der Waals surface area contributed by atoms with Gasteiger partial charge in [-0.05, 0) is 30.3 Å². The quantitative estimate of drug-likeness (QED) is 0.699. The highest BCUT2D eigenvalue weighted by Crippen LogP contribution is 2.27. The second kappa shape index (κ2) is 4.23. The second-order valence-electron chi connectivity index (χ2n) is 3.83. The van der Waals surface area contributed by atoms with Gasteiger partial charge in [0.25, 0.3) is 0 Å². The number of benzene rings is 1. The zero-order valence-electron chi connectivity index (χ0n) is 9.04. The van der Waals surface area contributed by atoms with E-state index in [1.54, 1.807) is 24.4 Å². The fraction of sp³-hybridized carbons (Fsp3) is 0. The van der Waals surface area contributed by atoms with E-state index in [1.807, 2.05) is 0 Å². The third-order valence-corrected chi connectivity index (χ3v) is 3.92. The topological polar surface area (TPSA) is 32.9 Å². The first-order valence-corrected chi connectivity index (χ1v) is 6.41. The third-order valence-electron chi connectivity index (χ3n) is 2.69. The number of carbonyl (C=O) groups excluding carboxylic acids is 1. The maximum absolute atomic E-state index is 13.2. The summed E-state index contributed by atoms with van der Waals surface area (Å²) in [4.78, 5) is 15.8. The van der Waals surface area contributed by atoms with Crippen LogP contribution in [-0.2, 0) is 0 Å². The van der Waals surface area contributed by atoms with Crippen molar-refractivity contribution in [2.75, 3.05) is 0 Å². The first-order valence-electron chi connectivity index (χ1n) is 5.22. The SMILES string of the molecule is O=C(c1ccc(Cl)s1)c1c[nH]c2ccc(F)cc12. The van der Waals surface area contributed by atoms with Gasteiger partial charge >= 0.3 is 0 Å². The predicted molar refractivity (Wildman–Crippen MR) is 71.0 cm³/mol. The van der Waals surface area contributed by atoms with E-state index < -0.39 is 0 Å². The molecule has 1 N–H and O–H groups in total. The second-order valence-corrected chi connectivity index (χ2v) is 5.54. The molecule has 1 aromatic carbocycles. The summed E-state index contributed by atoms with van der Waals surface area (Å²) in [6.07, 6.45) is 1.60. The number of nitrogens with one attached hydrogen (secondary N) is 1. The van der Waals surface area contributed by atoms with Crippen molar-refractivity contribution in [1.82, 2.24) is 4.98 Å². The molecule has 0 aliphatic rings. The first kappa shape index (κ1) is 11.4. The number of aromatic amines is 1. The van der Waals surface area contributed by atoms with Crippen molar-refractivity contribution >= 4 is 39.6 Å². The summed E-state index contributed by atoms with van der Waals surface area (Å²) >= 11 is 7.02. The number of thiophene rings is 1. The fourth-order valence-corrected chi connectivity index (χ4v) is 2.85. The Labute approximate surface area is 111 Å². The van der Waals surface area contributed by atoms with Gasteiger partial charge in [0.15, 0.2) is 0 Å². The minimum atomic E-state index is -0.361. The van der Waals surface area contributed by atoms with Gasteiger partial charge in [0.1, 0.15) is 5.82 Å². The number of ketones is 1. The average Bonchev–Trinajstić information content (AvgIpc) is 2.94. The fourth-order valence-electron chi connectivity index (χ4n) is 1.85. The van der Waals surface area contributed by atoms with Gasteiger partial charge in [-0.15, -0.1) is 11.3 Å². The number of halogens is 2. The van der Waals surface area contributed by atoms with Gasteiger partial charge in [-0.2, -0.15) is 0 Å². The van der Waals surface area contributed by atoms with E-state index >= 15 is 0 Å². The molecule has 2 heterocycles. The van der Waals surface area contributed by atoms with Gasteiger partial charge < -0.3 is 4.98 Å². The van der Waals surface area contributed by atoms with Crippen LogP contribution in [0.15, 0.2) is 36.5 Å². The summed E-state index contributed by atoms with van der Waals surface area (Å²) in [5.41, 5.74) is 1.20. The highest BCUT2D eigenvalue weighted by Gasteiger charge is 2.16. The van der Waals surface area contributed by atoms with Crippen LogP contribution in [0.1, 0.15) is 15.2 Å². The number of carbonyl (C=O) groups is 1. The normalized spacial score (nSPS) is 11.0. The molecule has 0 bridgehead atoms. The molecular weight excluding hydrogens is 273 g/mol. The number of aromatic nitrogens is 1. The van der Waals surface area contributed by atoms with Gasteiger partial charge in [-0.25, -0.2) is 4.39 Å². The van der Waals surface area contributed by atoms with E-state index in [0.29, 0.717) is 20.2 Å². The Bertz CT molecular complexity index is 746. The van der Waals surface area contributed by atoms with E-state index in [4.69, 9.17) is 11.6 Å². The van der Waals surface area contributed by atoms with Crippen LogP contribution in [0.2, 0.25) is 4.34 Å². The van der Waals surface area contributed by atoms with Crippen molar-refractivity contribution < 1.29 is 9.18 Å². The molecule has 0 saturated heterocycles. The summed E-state index contributed by atoms with van der Waals surface area (Å²) < 4.78 is 13.8. The van der Waals surface area contributed by atoms with E-state index in [2.05, 4.69) is 4.98 Å². The molecule has 0 unspecified atom stereocenters. The molecule has 18 heavy (non-hydrogen) atoms. The van der Waals surface area contributed by atoms with Crippen molar-refractivity contribution in [2.24, 2.45) is 0 Å². The Morgan fingerprint density at radius 1 is 1.28 bits per heavy atom. The lowest BCUT2D eigenvalue weighted by Gasteiger charge is -1.96. The molecule has 0 fully saturated rings. The monoisotopic (exact) mass is 279 g/mol. The zero-order chi connectivity index (χ0) is 12.7. The smallest absolute Gasteiger partial charge is 0.205 e. The summed E-state index contributed by atoms with van der Waals surface area (Å²) in [5, 5.41) is 0.588. The Kier molecular flexibility index (Phi) is 2.69. The van der Waals surface area contributed by atoms with Gasteiger partial charge in [-0.1, -0.05) is 11.6 Å². The van der Waals surface area contributed by atoms with E-state index in [-0.39, 0.29) is 11.6 Å². The van der Waals surface area contributed by atoms with Gasteiger partial charge in [0, 0.05) is 22.7 Å². The molecule has 0 aliphatic carbocycles. The number of hydrogen-bond donors (Lipinski definition) is 1. The standard InChI is InChI=1S/C13H7ClFNOS/c14-12-4-3-11(18-12)13(17)9-6-16-10-2-1-7(15)5-8(9)10/h1-6,16H. The molecule has 2 aromatic heterocycles. The lowest BCUT2D eigenvalue weighted by atomic mass is 10.1. The minimum absolute atomic E-state index is 0.149. The van der Waals surface area contributed by atoms with Crippen molar-refractivity contribution in [3.8, 4) is 0 Å². The van der Waals surface area contributed by atoms with Crippen LogP contribution < -0.4 is 0 Å². The number of hydrogen-bond acceptors (Lipinski definition) is 2. The highest BCUT2D eigenvalue weighted by atomic mass is 35.5. The van der Waals surface area contributed by atoms with Crippen molar-refractivity contribution in [3.05, 3.63) is 57.1 Å². The van der Waals surface area contributed by atoms with E-state index in [9.17, 15) is 9.18 Å². The van der Waals surface area contributed by atoms with Crippen molar-refractivity contribution in [2.45, 2.75) is 0 Å². The van der Waals surface area contributed by atoms with Crippen molar-refractivity contribution in [3.63, 3.8) is 0 Å². The zero-order valence-corrected chi connectivity index (χ0v) is 10.6. The molecule has 3 rings (SSSR count).